The summed E-state index contributed by atoms with van der Waals surface area (Å²) in [6.07, 6.45) is 0.653. The number of hydrogen-bond acceptors (Lipinski definition) is 4. The Labute approximate surface area is 115 Å². The molecule has 2 aromatic rings. The predicted octanol–water partition coefficient (Wildman–Crippen LogP) is 1.72. The number of aromatic amines is 1. The van der Waals surface area contributed by atoms with Gasteiger partial charge in [0.2, 0.25) is 0 Å². The van der Waals surface area contributed by atoms with Crippen molar-refractivity contribution in [2.75, 3.05) is 6.61 Å². The number of nitrogens with one attached hydrogen (secondary N) is 1. The Morgan fingerprint density at radius 3 is 2.90 bits per heavy atom. The Bertz CT molecular complexity index is 736. The van der Waals surface area contributed by atoms with Crippen LogP contribution in [0.2, 0.25) is 0 Å². The first-order valence-electron chi connectivity index (χ1n) is 6.34. The quantitative estimate of drug-likeness (QED) is 0.859. The van der Waals surface area contributed by atoms with E-state index in [0.717, 1.165) is 0 Å². The molecule has 0 saturated heterocycles. The van der Waals surface area contributed by atoms with Crippen molar-refractivity contribution in [1.82, 2.24) is 9.55 Å². The maximum absolute atomic E-state index is 12.1. The number of esters is 1. The van der Waals surface area contributed by atoms with E-state index in [1.807, 2.05) is 13.0 Å². The smallest absolute Gasteiger partial charge is 0.326 e. The van der Waals surface area contributed by atoms with Gasteiger partial charge in [0.25, 0.3) is 0 Å². The summed E-state index contributed by atoms with van der Waals surface area (Å²) < 4.78 is 6.57. The summed E-state index contributed by atoms with van der Waals surface area (Å²) in [5, 5.41) is 8.87. The number of H-pyrrole nitrogens is 1. The first-order chi connectivity index (χ1) is 9.56. The van der Waals surface area contributed by atoms with Crippen LogP contribution in [0, 0.1) is 11.3 Å². The molecular formula is C14H15N3O3. The lowest BCUT2D eigenvalue weighted by Gasteiger charge is -2.16. The van der Waals surface area contributed by atoms with Crippen molar-refractivity contribution in [1.29, 1.82) is 5.26 Å². The lowest BCUT2D eigenvalue weighted by molar-refractivity contribution is -0.142. The molecule has 1 N–H and O–H groups in total. The maximum atomic E-state index is 12.1. The van der Waals surface area contributed by atoms with Crippen LogP contribution in [0.4, 0.5) is 0 Å². The van der Waals surface area contributed by atoms with Crippen molar-refractivity contribution in [3.63, 3.8) is 0 Å². The van der Waals surface area contributed by atoms with Crippen molar-refractivity contribution in [3.8, 4) is 6.07 Å². The summed E-state index contributed by atoms with van der Waals surface area (Å²) in [6.45, 7) is 3.41. The zero-order chi connectivity index (χ0) is 14.7. The highest BCUT2D eigenvalue weighted by Gasteiger charge is 2.17. The van der Waals surface area contributed by atoms with Crippen molar-refractivity contribution in [3.05, 3.63) is 34.2 Å². The molecule has 1 aromatic carbocycles. The number of nitrogens with zero attached hydrogens (tertiary/aromatic N) is 2. The number of benzene rings is 1. The molecule has 2 rings (SSSR count). The van der Waals surface area contributed by atoms with Crippen LogP contribution in [-0.4, -0.2) is 22.1 Å². The molecule has 0 radical (unpaired) electrons. The number of ether oxygens (including phenoxy) is 1. The summed E-state index contributed by atoms with van der Waals surface area (Å²) in [5.74, 6) is -0.372. The second kappa shape index (κ2) is 5.61. The largest absolute Gasteiger partial charge is 0.464 e. The van der Waals surface area contributed by atoms with E-state index in [9.17, 15) is 9.59 Å². The van der Waals surface area contributed by atoms with Gasteiger partial charge in [-0.15, -0.1) is 0 Å². The third kappa shape index (κ3) is 2.57. The molecule has 0 bridgehead atoms. The van der Waals surface area contributed by atoms with Crippen LogP contribution in [0.25, 0.3) is 11.0 Å². The average molecular weight is 273 g/mol. The van der Waals surface area contributed by atoms with Crippen LogP contribution >= 0.6 is 0 Å². The number of fused-ring (bicyclic) bond motifs is 1. The molecule has 0 aliphatic rings. The fourth-order valence-electron chi connectivity index (χ4n) is 2.15. The molecule has 0 aliphatic heterocycles. The number of carbonyl (C=O) groups excluding carboxylic acids is 1. The maximum Gasteiger partial charge on any atom is 0.326 e. The van der Waals surface area contributed by atoms with Gasteiger partial charge in [-0.1, -0.05) is 6.92 Å². The fraction of sp³-hybridized carbons (Fsp3) is 0.357. The number of hydrogen-bond donors (Lipinski definition) is 1. The van der Waals surface area contributed by atoms with Crippen molar-refractivity contribution in [2.45, 2.75) is 26.3 Å². The van der Waals surface area contributed by atoms with Crippen molar-refractivity contribution in [2.24, 2.45) is 0 Å². The summed E-state index contributed by atoms with van der Waals surface area (Å²) in [6, 6.07) is 6.81. The Morgan fingerprint density at radius 2 is 2.30 bits per heavy atom. The normalized spacial score (nSPS) is 12.1. The van der Waals surface area contributed by atoms with Gasteiger partial charge in [-0.25, -0.2) is 4.79 Å². The molecule has 0 unspecified atom stereocenters. The molecule has 6 nitrogen and oxygen atoms in total. The van der Waals surface area contributed by atoms with Crippen LogP contribution in [0.3, 0.4) is 0 Å². The zero-order valence-corrected chi connectivity index (χ0v) is 11.3. The van der Waals surface area contributed by atoms with Gasteiger partial charge in [-0.3, -0.25) is 9.36 Å². The van der Waals surface area contributed by atoms with Gasteiger partial charge < -0.3 is 9.72 Å². The van der Waals surface area contributed by atoms with Crippen molar-refractivity contribution < 1.29 is 9.53 Å². The highest BCUT2D eigenvalue weighted by molar-refractivity contribution is 5.77. The average Bonchev–Trinajstić information content (AvgIpc) is 2.75. The van der Waals surface area contributed by atoms with Crippen LogP contribution in [-0.2, 0) is 9.53 Å². The van der Waals surface area contributed by atoms with E-state index < -0.39 is 0 Å². The number of nitriles is 1. The minimum absolute atomic E-state index is 0.151. The van der Waals surface area contributed by atoms with E-state index in [1.165, 1.54) is 6.92 Å². The first-order valence-corrected chi connectivity index (χ1v) is 6.34. The van der Waals surface area contributed by atoms with E-state index in [2.05, 4.69) is 4.98 Å². The SMILES string of the molecule is CC[C@@H](COC(C)=O)n1c(=O)[nH]c2cc(C#N)ccc21. The van der Waals surface area contributed by atoms with Gasteiger partial charge in [0.1, 0.15) is 6.61 Å². The van der Waals surface area contributed by atoms with E-state index in [4.69, 9.17) is 10.00 Å². The van der Waals surface area contributed by atoms with Gasteiger partial charge in [0.15, 0.2) is 0 Å². The molecule has 1 aromatic heterocycles. The molecule has 0 amide bonds. The minimum Gasteiger partial charge on any atom is -0.464 e. The number of rotatable bonds is 4. The third-order valence-corrected chi connectivity index (χ3v) is 3.16. The second-order valence-corrected chi connectivity index (χ2v) is 4.51. The van der Waals surface area contributed by atoms with E-state index >= 15 is 0 Å². The molecule has 0 fully saturated rings. The molecule has 0 spiro atoms. The summed E-state index contributed by atoms with van der Waals surface area (Å²) >= 11 is 0. The molecule has 1 heterocycles. The molecule has 0 saturated carbocycles. The van der Waals surface area contributed by atoms with Gasteiger partial charge in [-0.05, 0) is 24.6 Å². The molecule has 104 valence electrons. The predicted molar refractivity (Wildman–Crippen MR) is 73.2 cm³/mol. The molecular weight excluding hydrogens is 258 g/mol. The Morgan fingerprint density at radius 1 is 1.55 bits per heavy atom. The lowest BCUT2D eigenvalue weighted by atomic mass is 10.2. The topological polar surface area (TPSA) is 87.9 Å². The zero-order valence-electron chi connectivity index (χ0n) is 11.3. The van der Waals surface area contributed by atoms with Crippen LogP contribution in [0.15, 0.2) is 23.0 Å². The Kier molecular flexibility index (Phi) is 3.89. The number of carbonyl (C=O) groups is 1. The summed E-state index contributed by atoms with van der Waals surface area (Å²) in [4.78, 5) is 25.7. The molecule has 0 aliphatic carbocycles. The highest BCUT2D eigenvalue weighted by atomic mass is 16.5. The van der Waals surface area contributed by atoms with Gasteiger partial charge in [0.05, 0.1) is 28.7 Å². The lowest BCUT2D eigenvalue weighted by Crippen LogP contribution is -2.26. The molecule has 20 heavy (non-hydrogen) atoms. The van der Waals surface area contributed by atoms with Gasteiger partial charge >= 0.3 is 11.7 Å². The third-order valence-electron chi connectivity index (χ3n) is 3.16. The number of aromatic nitrogens is 2. The van der Waals surface area contributed by atoms with E-state index in [1.54, 1.807) is 22.8 Å². The fourth-order valence-corrected chi connectivity index (χ4v) is 2.15. The minimum atomic E-state index is -0.372. The van der Waals surface area contributed by atoms with E-state index in [-0.39, 0.29) is 24.3 Å². The van der Waals surface area contributed by atoms with Crippen molar-refractivity contribution >= 4 is 17.0 Å². The van der Waals surface area contributed by atoms with Crippen LogP contribution in [0.1, 0.15) is 31.9 Å². The summed E-state index contributed by atoms with van der Waals surface area (Å²) in [5.41, 5.74) is 1.52. The van der Waals surface area contributed by atoms with Gasteiger partial charge in [-0.2, -0.15) is 5.26 Å². The first kappa shape index (κ1) is 13.9. The molecule has 1 atom stereocenters. The van der Waals surface area contributed by atoms with Crippen LogP contribution in [0.5, 0.6) is 0 Å². The van der Waals surface area contributed by atoms with Gasteiger partial charge in [0, 0.05) is 6.92 Å². The van der Waals surface area contributed by atoms with Crippen LogP contribution < -0.4 is 5.69 Å². The Balaban J connectivity index is 2.47. The second-order valence-electron chi connectivity index (χ2n) is 4.51. The van der Waals surface area contributed by atoms with E-state index in [0.29, 0.717) is 23.0 Å². The number of imidazole rings is 1. The summed E-state index contributed by atoms with van der Waals surface area (Å²) in [7, 11) is 0. The Hall–Kier alpha value is -2.55. The monoisotopic (exact) mass is 273 g/mol. The highest BCUT2D eigenvalue weighted by Crippen LogP contribution is 2.19. The molecule has 6 heteroatoms. The standard InChI is InChI=1S/C14H15N3O3/c1-3-11(8-20-9(2)18)17-13-5-4-10(7-15)6-12(13)16-14(17)19/h4-6,11H,3,8H2,1-2H3,(H,16,19)/t11-/m0/s1.